The number of fused-ring (bicyclic) bond motifs is 1. The molecule has 3 N–H and O–H groups in total. The van der Waals surface area contributed by atoms with Crippen LogP contribution >= 0.6 is 0 Å². The Morgan fingerprint density at radius 3 is 2.76 bits per heavy atom. The summed E-state index contributed by atoms with van der Waals surface area (Å²) in [5.41, 5.74) is 1.20. The maximum atomic E-state index is 9.12. The highest BCUT2D eigenvalue weighted by molar-refractivity contribution is 5.43. The van der Waals surface area contributed by atoms with E-state index in [4.69, 9.17) is 14.6 Å². The molecule has 17 heavy (non-hydrogen) atoms. The summed E-state index contributed by atoms with van der Waals surface area (Å²) < 4.78 is 11.0. The first-order valence-corrected chi connectivity index (χ1v) is 6.16. The average molecular weight is 238 g/mol. The summed E-state index contributed by atoms with van der Waals surface area (Å²) in [7, 11) is 0. The quantitative estimate of drug-likeness (QED) is 0.775. The zero-order chi connectivity index (χ0) is 12.1. The third-order valence-corrected chi connectivity index (χ3v) is 3.05. The maximum Gasteiger partial charge on any atom is 0.161 e. The van der Waals surface area contributed by atoms with Gasteiger partial charge in [0.2, 0.25) is 0 Å². The normalized spacial score (nSPS) is 15.6. The Labute approximate surface area is 102 Å². The van der Waals surface area contributed by atoms with Crippen molar-refractivity contribution in [1.29, 1.82) is 0 Å². The first kappa shape index (κ1) is 12.2. The van der Waals surface area contributed by atoms with Crippen LogP contribution in [-0.4, -0.2) is 31.0 Å². The fourth-order valence-electron chi connectivity index (χ4n) is 1.89. The Bertz CT molecular complexity index is 364. The van der Waals surface area contributed by atoms with E-state index in [1.807, 2.05) is 18.2 Å². The topological polar surface area (TPSA) is 55.3 Å². The van der Waals surface area contributed by atoms with Crippen molar-refractivity contribution in [2.45, 2.75) is 25.9 Å². The molecule has 0 radical (unpaired) electrons. The molecular formula is C13H20NO3+. The van der Waals surface area contributed by atoms with Gasteiger partial charge in [-0.2, -0.15) is 0 Å². The van der Waals surface area contributed by atoms with Crippen LogP contribution in [0.2, 0.25) is 0 Å². The molecule has 1 aliphatic rings. The van der Waals surface area contributed by atoms with Crippen LogP contribution in [0.4, 0.5) is 0 Å². The van der Waals surface area contributed by atoms with Crippen LogP contribution in [0, 0.1) is 0 Å². The number of benzene rings is 1. The van der Waals surface area contributed by atoms with Gasteiger partial charge >= 0.3 is 0 Å². The Balaban J connectivity index is 1.97. The van der Waals surface area contributed by atoms with Crippen LogP contribution in [0.1, 0.15) is 18.9 Å². The number of hydrogen-bond acceptors (Lipinski definition) is 3. The lowest BCUT2D eigenvalue weighted by atomic mass is 10.1. The van der Waals surface area contributed by atoms with Gasteiger partial charge in [-0.1, -0.05) is 6.92 Å². The second-order valence-corrected chi connectivity index (χ2v) is 4.27. The first-order valence-electron chi connectivity index (χ1n) is 6.16. The number of ether oxygens (including phenoxy) is 2. The van der Waals surface area contributed by atoms with Gasteiger partial charge in [0.25, 0.3) is 0 Å². The van der Waals surface area contributed by atoms with Crippen molar-refractivity contribution >= 4 is 0 Å². The molecule has 94 valence electrons. The molecule has 0 aromatic heterocycles. The monoisotopic (exact) mass is 238 g/mol. The molecule has 0 bridgehead atoms. The molecule has 0 spiro atoms. The van der Waals surface area contributed by atoms with Crippen molar-refractivity contribution in [1.82, 2.24) is 0 Å². The van der Waals surface area contributed by atoms with Crippen molar-refractivity contribution in [2.24, 2.45) is 0 Å². The van der Waals surface area contributed by atoms with Gasteiger partial charge in [0.15, 0.2) is 11.5 Å². The van der Waals surface area contributed by atoms with E-state index in [-0.39, 0.29) is 12.6 Å². The number of aliphatic hydroxyl groups excluding tert-OH is 1. The molecule has 1 heterocycles. The van der Waals surface area contributed by atoms with Crippen LogP contribution in [-0.2, 0) is 6.54 Å². The molecule has 0 unspecified atom stereocenters. The van der Waals surface area contributed by atoms with Crippen molar-refractivity contribution in [3.8, 4) is 11.5 Å². The zero-order valence-corrected chi connectivity index (χ0v) is 10.2. The molecule has 0 aliphatic carbocycles. The van der Waals surface area contributed by atoms with Gasteiger partial charge in [0.1, 0.15) is 25.8 Å². The van der Waals surface area contributed by atoms with Crippen molar-refractivity contribution < 1.29 is 19.9 Å². The number of hydrogen-bond donors (Lipinski definition) is 2. The molecular weight excluding hydrogens is 218 g/mol. The van der Waals surface area contributed by atoms with E-state index in [9.17, 15) is 0 Å². The van der Waals surface area contributed by atoms with E-state index in [1.54, 1.807) is 0 Å². The summed E-state index contributed by atoms with van der Waals surface area (Å²) in [5.74, 6) is 1.66. The molecule has 0 saturated heterocycles. The predicted octanol–water partition coefficient (Wildman–Crippen LogP) is 0.292. The third kappa shape index (κ3) is 3.11. The maximum absolute atomic E-state index is 9.12. The minimum atomic E-state index is 0.223. The SMILES string of the molecule is CC[C@H](CO)[NH2+]Cc1ccc2c(c1)OCCO2. The Kier molecular flexibility index (Phi) is 4.23. The molecule has 1 aromatic carbocycles. The zero-order valence-electron chi connectivity index (χ0n) is 10.2. The summed E-state index contributed by atoms with van der Waals surface area (Å²) in [6.07, 6.45) is 0.973. The van der Waals surface area contributed by atoms with Gasteiger partial charge in [-0.25, -0.2) is 0 Å². The highest BCUT2D eigenvalue weighted by Crippen LogP contribution is 2.30. The molecule has 1 aliphatic heterocycles. The lowest BCUT2D eigenvalue weighted by molar-refractivity contribution is -0.706. The Morgan fingerprint density at radius 1 is 1.29 bits per heavy atom. The van der Waals surface area contributed by atoms with Gasteiger partial charge < -0.3 is 19.9 Å². The molecule has 1 aromatic rings. The van der Waals surface area contributed by atoms with E-state index < -0.39 is 0 Å². The molecule has 2 rings (SSSR count). The van der Waals surface area contributed by atoms with Gasteiger partial charge in [-0.3, -0.25) is 0 Å². The number of nitrogens with two attached hydrogens (primary N) is 1. The van der Waals surface area contributed by atoms with Gasteiger partial charge in [-0.15, -0.1) is 0 Å². The average Bonchev–Trinajstić information content (AvgIpc) is 2.40. The molecule has 4 nitrogen and oxygen atoms in total. The van der Waals surface area contributed by atoms with Crippen molar-refractivity contribution in [3.63, 3.8) is 0 Å². The molecule has 0 fully saturated rings. The van der Waals surface area contributed by atoms with Crippen molar-refractivity contribution in [2.75, 3.05) is 19.8 Å². The van der Waals surface area contributed by atoms with Crippen LogP contribution in [0.5, 0.6) is 11.5 Å². The number of quaternary nitrogens is 1. The summed E-state index contributed by atoms with van der Waals surface area (Å²) >= 11 is 0. The highest BCUT2D eigenvalue weighted by atomic mass is 16.6. The Hall–Kier alpha value is -1.26. The van der Waals surface area contributed by atoms with Gasteiger partial charge in [-0.05, 0) is 24.6 Å². The van der Waals surface area contributed by atoms with Gasteiger partial charge in [0, 0.05) is 5.56 Å². The number of aliphatic hydroxyl groups is 1. The van der Waals surface area contributed by atoms with Gasteiger partial charge in [0.05, 0.1) is 6.61 Å². The largest absolute Gasteiger partial charge is 0.486 e. The summed E-state index contributed by atoms with van der Waals surface area (Å²) in [4.78, 5) is 0. The lowest BCUT2D eigenvalue weighted by Crippen LogP contribution is -2.89. The van der Waals surface area contributed by atoms with Crippen LogP contribution in [0.25, 0.3) is 0 Å². The fraction of sp³-hybridized carbons (Fsp3) is 0.538. The smallest absolute Gasteiger partial charge is 0.161 e. The van der Waals surface area contributed by atoms with Crippen LogP contribution < -0.4 is 14.8 Å². The predicted molar refractivity (Wildman–Crippen MR) is 64.2 cm³/mol. The van der Waals surface area contributed by atoms with E-state index in [0.717, 1.165) is 24.5 Å². The summed E-state index contributed by atoms with van der Waals surface area (Å²) in [6.45, 7) is 4.41. The molecule has 0 saturated carbocycles. The van der Waals surface area contributed by atoms with Crippen molar-refractivity contribution in [3.05, 3.63) is 23.8 Å². The van der Waals surface area contributed by atoms with E-state index in [1.165, 1.54) is 5.56 Å². The third-order valence-electron chi connectivity index (χ3n) is 3.05. The van der Waals surface area contributed by atoms with Crippen LogP contribution in [0.15, 0.2) is 18.2 Å². The molecule has 4 heteroatoms. The second-order valence-electron chi connectivity index (χ2n) is 4.27. The second kappa shape index (κ2) is 5.89. The molecule has 1 atom stereocenters. The number of rotatable bonds is 5. The van der Waals surface area contributed by atoms with E-state index in [0.29, 0.717) is 13.2 Å². The fourth-order valence-corrected chi connectivity index (χ4v) is 1.89. The first-order chi connectivity index (χ1) is 8.33. The minimum Gasteiger partial charge on any atom is -0.486 e. The summed E-state index contributed by atoms with van der Waals surface area (Å²) in [5, 5.41) is 11.3. The Morgan fingerprint density at radius 2 is 2.06 bits per heavy atom. The van der Waals surface area contributed by atoms with E-state index >= 15 is 0 Å². The lowest BCUT2D eigenvalue weighted by Gasteiger charge is -2.19. The van der Waals surface area contributed by atoms with E-state index in [2.05, 4.69) is 12.2 Å². The van der Waals surface area contributed by atoms with Crippen LogP contribution in [0.3, 0.4) is 0 Å². The minimum absolute atomic E-state index is 0.223. The summed E-state index contributed by atoms with van der Waals surface area (Å²) in [6, 6.07) is 6.31. The molecule has 0 amide bonds. The standard InChI is InChI=1S/C13H19NO3/c1-2-11(9-15)14-8-10-3-4-12-13(7-10)17-6-5-16-12/h3-4,7,11,14-15H,2,5-6,8-9H2,1H3/p+1/t11-/m1/s1. The highest BCUT2D eigenvalue weighted by Gasteiger charge is 2.13.